The maximum Gasteiger partial charge on any atom is 0.119 e. The van der Waals surface area contributed by atoms with E-state index < -0.39 is 0 Å². The summed E-state index contributed by atoms with van der Waals surface area (Å²) in [6, 6.07) is 25.9. The molecule has 3 aromatic rings. The Morgan fingerprint density at radius 2 is 0.821 bits per heavy atom. The number of hydrogen-bond acceptors (Lipinski definition) is 6. The molecule has 0 aliphatic carbocycles. The molecule has 0 saturated carbocycles. The van der Waals surface area contributed by atoms with E-state index in [1.807, 2.05) is 78.9 Å². The zero-order valence-corrected chi connectivity index (χ0v) is 24.0. The number of para-hydroxylation sites is 1. The van der Waals surface area contributed by atoms with Gasteiger partial charge < -0.3 is 28.4 Å². The number of benzene rings is 3. The van der Waals surface area contributed by atoms with Gasteiger partial charge in [0.1, 0.15) is 55.4 Å². The molecule has 6 heteroatoms. The minimum Gasteiger partial charge on any atom is -0.491 e. The third-order valence-electron chi connectivity index (χ3n) is 5.30. The van der Waals surface area contributed by atoms with Crippen molar-refractivity contribution >= 4 is 0 Å². The molecule has 3 aromatic carbocycles. The summed E-state index contributed by atoms with van der Waals surface area (Å²) in [5, 5.41) is 0. The highest BCUT2D eigenvalue weighted by Crippen LogP contribution is 2.16. The Bertz CT molecular complexity index is 964. The Morgan fingerprint density at radius 3 is 1.10 bits per heavy atom. The molecule has 3 fully saturated rings. The minimum atomic E-state index is 0.339. The normalized spacial score (nSPS) is 19.6. The SMILES string of the molecule is CC(C)C.Cc1ccc(OCC2CO2)cc1.Cc1ccc(OCC2CO2)cc1.c1ccc(OCC2CO2)cc1. The van der Waals surface area contributed by atoms with E-state index in [4.69, 9.17) is 28.4 Å². The molecule has 0 amide bonds. The lowest BCUT2D eigenvalue weighted by Crippen LogP contribution is -2.03. The summed E-state index contributed by atoms with van der Waals surface area (Å²) < 4.78 is 31.4. The fourth-order valence-corrected chi connectivity index (χ4v) is 2.85. The van der Waals surface area contributed by atoms with Gasteiger partial charge in [0.15, 0.2) is 0 Å². The van der Waals surface area contributed by atoms with Crippen LogP contribution in [0.3, 0.4) is 0 Å². The van der Waals surface area contributed by atoms with Crippen LogP contribution in [0, 0.1) is 19.8 Å². The van der Waals surface area contributed by atoms with Crippen molar-refractivity contribution in [1.82, 2.24) is 0 Å². The summed E-state index contributed by atoms with van der Waals surface area (Å²) in [5.41, 5.74) is 2.51. The lowest BCUT2D eigenvalue weighted by molar-refractivity contribution is 0.263. The topological polar surface area (TPSA) is 65.3 Å². The maximum atomic E-state index is 5.46. The first kappa shape index (κ1) is 30.5. The Kier molecular flexibility index (Phi) is 13.1. The van der Waals surface area contributed by atoms with Gasteiger partial charge in [-0.15, -0.1) is 0 Å². The molecule has 3 heterocycles. The highest BCUT2D eigenvalue weighted by Gasteiger charge is 2.24. The van der Waals surface area contributed by atoms with E-state index in [1.54, 1.807) is 0 Å². The second kappa shape index (κ2) is 16.8. The molecule has 3 aliphatic heterocycles. The third kappa shape index (κ3) is 15.8. The molecule has 6 nitrogen and oxygen atoms in total. The van der Waals surface area contributed by atoms with Crippen molar-refractivity contribution in [2.45, 2.75) is 52.9 Å². The molecular formula is C33H44O6. The summed E-state index contributed by atoms with van der Waals surface area (Å²) in [5.74, 6) is 3.61. The van der Waals surface area contributed by atoms with Crippen LogP contribution in [0.25, 0.3) is 0 Å². The smallest absolute Gasteiger partial charge is 0.119 e. The number of aryl methyl sites for hydroxylation is 2. The van der Waals surface area contributed by atoms with Crippen molar-refractivity contribution < 1.29 is 28.4 Å². The number of hydrogen-bond donors (Lipinski definition) is 0. The van der Waals surface area contributed by atoms with Gasteiger partial charge in [-0.3, -0.25) is 0 Å². The van der Waals surface area contributed by atoms with Crippen LogP contribution in [-0.2, 0) is 14.2 Å². The molecule has 6 rings (SSSR count). The largest absolute Gasteiger partial charge is 0.491 e. The molecule has 3 unspecified atom stereocenters. The Balaban J connectivity index is 0.000000151. The van der Waals surface area contributed by atoms with Gasteiger partial charge in [0, 0.05) is 0 Å². The predicted molar refractivity (Wildman–Crippen MR) is 155 cm³/mol. The van der Waals surface area contributed by atoms with Crippen LogP contribution in [-0.4, -0.2) is 58.0 Å². The number of ether oxygens (including phenoxy) is 6. The monoisotopic (exact) mass is 536 g/mol. The van der Waals surface area contributed by atoms with Crippen LogP contribution in [0.4, 0.5) is 0 Å². The number of epoxide rings is 3. The Morgan fingerprint density at radius 1 is 0.538 bits per heavy atom. The van der Waals surface area contributed by atoms with Gasteiger partial charge in [-0.05, 0) is 56.2 Å². The van der Waals surface area contributed by atoms with Crippen molar-refractivity contribution in [3.8, 4) is 17.2 Å². The highest BCUT2D eigenvalue weighted by molar-refractivity contribution is 5.27. The number of rotatable bonds is 9. The molecule has 0 N–H and O–H groups in total. The fourth-order valence-electron chi connectivity index (χ4n) is 2.85. The van der Waals surface area contributed by atoms with E-state index in [2.05, 4.69) is 34.6 Å². The summed E-state index contributed by atoms with van der Waals surface area (Å²) in [7, 11) is 0. The predicted octanol–water partition coefficient (Wildman–Crippen LogP) is 6.67. The first-order valence-electron chi connectivity index (χ1n) is 13.8. The lowest BCUT2D eigenvalue weighted by atomic mass is 10.2. The van der Waals surface area contributed by atoms with Gasteiger partial charge in [-0.2, -0.15) is 0 Å². The van der Waals surface area contributed by atoms with E-state index in [1.165, 1.54) is 11.1 Å². The average molecular weight is 537 g/mol. The third-order valence-corrected chi connectivity index (χ3v) is 5.30. The molecule has 0 spiro atoms. The van der Waals surface area contributed by atoms with Crippen LogP contribution in [0.15, 0.2) is 78.9 Å². The fraction of sp³-hybridized carbons (Fsp3) is 0.455. The van der Waals surface area contributed by atoms with E-state index in [0.717, 1.165) is 43.0 Å². The first-order valence-corrected chi connectivity index (χ1v) is 13.8. The highest BCUT2D eigenvalue weighted by atomic mass is 16.6. The lowest BCUT2D eigenvalue weighted by Gasteiger charge is -2.03. The quantitative estimate of drug-likeness (QED) is 0.285. The summed E-state index contributed by atoms with van der Waals surface area (Å²) in [6.45, 7) is 15.2. The van der Waals surface area contributed by atoms with E-state index in [9.17, 15) is 0 Å². The molecular weight excluding hydrogens is 492 g/mol. The molecule has 0 radical (unpaired) electrons. The average Bonchev–Trinajstić information content (AvgIpc) is 3.77. The zero-order chi connectivity index (χ0) is 27.9. The van der Waals surface area contributed by atoms with Gasteiger partial charge >= 0.3 is 0 Å². The second-order valence-corrected chi connectivity index (χ2v) is 10.5. The molecule has 0 aromatic heterocycles. The molecule has 3 aliphatic rings. The van der Waals surface area contributed by atoms with Crippen molar-refractivity contribution in [1.29, 1.82) is 0 Å². The van der Waals surface area contributed by atoms with Crippen LogP contribution in [0.2, 0.25) is 0 Å². The van der Waals surface area contributed by atoms with Gasteiger partial charge in [-0.25, -0.2) is 0 Å². The summed E-state index contributed by atoms with van der Waals surface area (Å²) >= 11 is 0. The molecule has 0 bridgehead atoms. The maximum absolute atomic E-state index is 5.46. The van der Waals surface area contributed by atoms with Crippen molar-refractivity contribution in [3.63, 3.8) is 0 Å². The van der Waals surface area contributed by atoms with Crippen molar-refractivity contribution in [2.75, 3.05) is 39.6 Å². The van der Waals surface area contributed by atoms with Gasteiger partial charge in [0.2, 0.25) is 0 Å². The standard InChI is InChI=1S/2C10H12O2.C9H10O2.C4H10/c2*1-8-2-4-9(5-3-8)11-6-10-7-12-10;1-2-4-8(5-3-1)10-6-9-7-11-9;1-4(2)3/h2*2-5,10H,6-7H2,1H3;1-5,9H,6-7H2;4H,1-3H3. The summed E-state index contributed by atoms with van der Waals surface area (Å²) in [6.07, 6.45) is 1.02. The van der Waals surface area contributed by atoms with Crippen molar-refractivity contribution in [3.05, 3.63) is 90.0 Å². The summed E-state index contributed by atoms with van der Waals surface area (Å²) in [4.78, 5) is 0. The molecule has 39 heavy (non-hydrogen) atoms. The van der Waals surface area contributed by atoms with Gasteiger partial charge in [-0.1, -0.05) is 74.4 Å². The van der Waals surface area contributed by atoms with Crippen LogP contribution in [0.5, 0.6) is 17.2 Å². The minimum absolute atomic E-state index is 0.339. The van der Waals surface area contributed by atoms with Crippen LogP contribution in [0.1, 0.15) is 31.9 Å². The van der Waals surface area contributed by atoms with Gasteiger partial charge in [0.05, 0.1) is 19.8 Å². The van der Waals surface area contributed by atoms with Crippen LogP contribution >= 0.6 is 0 Å². The first-order chi connectivity index (χ1) is 18.9. The Hall–Kier alpha value is -3.06. The van der Waals surface area contributed by atoms with E-state index >= 15 is 0 Å². The molecule has 212 valence electrons. The van der Waals surface area contributed by atoms with Crippen LogP contribution < -0.4 is 14.2 Å². The molecule has 3 atom stereocenters. The zero-order valence-electron chi connectivity index (χ0n) is 24.0. The van der Waals surface area contributed by atoms with Gasteiger partial charge in [0.25, 0.3) is 0 Å². The Labute approximate surface area is 234 Å². The second-order valence-electron chi connectivity index (χ2n) is 10.5. The van der Waals surface area contributed by atoms with E-state index in [-0.39, 0.29) is 0 Å². The van der Waals surface area contributed by atoms with E-state index in [0.29, 0.717) is 38.1 Å². The van der Waals surface area contributed by atoms with Crippen molar-refractivity contribution in [2.24, 2.45) is 5.92 Å². The molecule has 3 saturated heterocycles.